The first-order valence-corrected chi connectivity index (χ1v) is 15.1. The summed E-state index contributed by atoms with van der Waals surface area (Å²) in [5.41, 5.74) is -0.382. The molecule has 0 saturated heterocycles. The van der Waals surface area contributed by atoms with E-state index in [9.17, 15) is 39.5 Å². The molecular formula is C30H41FN2O12. The van der Waals surface area contributed by atoms with Crippen LogP contribution in [0.1, 0.15) is 59.3 Å². The molecule has 4 rings (SSSR count). The number of hydrogen-bond acceptors (Lipinski definition) is 13. The van der Waals surface area contributed by atoms with Gasteiger partial charge in [0.25, 0.3) is 5.09 Å². The third-order valence-electron chi connectivity index (χ3n) is 10.6. The number of carbonyl (C=O) groups excluding carboxylic acids is 4. The highest BCUT2D eigenvalue weighted by molar-refractivity contribution is 5.94. The smallest absolute Gasteiger partial charge is 0.464 e. The molecule has 15 heteroatoms. The summed E-state index contributed by atoms with van der Waals surface area (Å²) in [6.07, 6.45) is 2.76. The van der Waals surface area contributed by atoms with Crippen LogP contribution >= 0.6 is 0 Å². The second-order valence-corrected chi connectivity index (χ2v) is 13.0. The maximum absolute atomic E-state index is 17.3. The van der Waals surface area contributed by atoms with E-state index in [0.717, 1.165) is 0 Å². The van der Waals surface area contributed by atoms with Crippen molar-refractivity contribution in [2.75, 3.05) is 26.4 Å². The average Bonchev–Trinajstić information content (AvgIpc) is 3.18. The Morgan fingerprint density at radius 1 is 1.18 bits per heavy atom. The number of ether oxygens (including phenoxy) is 3. The van der Waals surface area contributed by atoms with Crippen molar-refractivity contribution in [3.8, 4) is 0 Å². The van der Waals surface area contributed by atoms with E-state index >= 15 is 4.39 Å². The minimum atomic E-state index is -2.13. The minimum absolute atomic E-state index is 0.0715. The summed E-state index contributed by atoms with van der Waals surface area (Å²) in [5.74, 6) is -3.78. The normalized spacial score (nSPS) is 37.3. The zero-order chi connectivity index (χ0) is 33.4. The van der Waals surface area contributed by atoms with E-state index in [-0.39, 0.29) is 57.5 Å². The monoisotopic (exact) mass is 640 g/mol. The van der Waals surface area contributed by atoms with Crippen LogP contribution in [0.15, 0.2) is 23.8 Å². The fourth-order valence-corrected chi connectivity index (χ4v) is 8.17. The van der Waals surface area contributed by atoms with Crippen molar-refractivity contribution >= 4 is 23.7 Å². The van der Waals surface area contributed by atoms with E-state index in [4.69, 9.17) is 19.9 Å². The van der Waals surface area contributed by atoms with E-state index in [2.05, 4.69) is 4.84 Å². The van der Waals surface area contributed by atoms with E-state index in [1.807, 2.05) is 6.08 Å². The molecule has 0 aromatic heterocycles. The van der Waals surface area contributed by atoms with Gasteiger partial charge in [0, 0.05) is 23.2 Å². The zero-order valence-corrected chi connectivity index (χ0v) is 25.6. The van der Waals surface area contributed by atoms with Crippen LogP contribution < -0.4 is 5.73 Å². The second-order valence-electron chi connectivity index (χ2n) is 13.0. The van der Waals surface area contributed by atoms with Gasteiger partial charge in [-0.3, -0.25) is 14.4 Å². The lowest BCUT2D eigenvalue weighted by Crippen LogP contribution is -2.69. The first-order chi connectivity index (χ1) is 21.0. The quantitative estimate of drug-likeness (QED) is 0.0915. The lowest BCUT2D eigenvalue weighted by atomic mass is 9.45. The van der Waals surface area contributed by atoms with E-state index in [0.29, 0.717) is 5.57 Å². The number of alkyl halides is 1. The molecule has 4 N–H and O–H groups in total. The molecule has 0 aromatic carbocycles. The second kappa shape index (κ2) is 12.8. The Bertz CT molecular complexity index is 1290. The van der Waals surface area contributed by atoms with Crippen LogP contribution in [0.25, 0.3) is 0 Å². The molecule has 2 fully saturated rings. The fraction of sp³-hybridized carbons (Fsp3) is 0.733. The van der Waals surface area contributed by atoms with Gasteiger partial charge < -0.3 is 35.0 Å². The number of fused-ring (bicyclic) bond motifs is 5. The molecule has 2 saturated carbocycles. The van der Waals surface area contributed by atoms with Crippen LogP contribution in [0.4, 0.5) is 9.18 Å². The summed E-state index contributed by atoms with van der Waals surface area (Å²) in [6.45, 7) is 3.25. The number of rotatable bonds is 12. The number of ketones is 2. The van der Waals surface area contributed by atoms with Gasteiger partial charge in [-0.1, -0.05) is 31.6 Å². The molecule has 0 aromatic rings. The van der Waals surface area contributed by atoms with Gasteiger partial charge in [0.05, 0.1) is 19.3 Å². The van der Waals surface area contributed by atoms with Gasteiger partial charge in [0.2, 0.25) is 5.78 Å². The van der Waals surface area contributed by atoms with Gasteiger partial charge in [-0.2, -0.15) is 0 Å². The van der Waals surface area contributed by atoms with Crippen molar-refractivity contribution in [3.05, 3.63) is 33.9 Å². The molecule has 1 unspecified atom stereocenters. The molecule has 0 radical (unpaired) electrons. The molecular weight excluding hydrogens is 599 g/mol. The topological polar surface area (TPSA) is 215 Å². The van der Waals surface area contributed by atoms with Gasteiger partial charge in [-0.05, 0) is 56.9 Å². The number of esters is 1. The Hall–Kier alpha value is -3.43. The largest absolute Gasteiger partial charge is 0.508 e. The van der Waals surface area contributed by atoms with Gasteiger partial charge >= 0.3 is 12.1 Å². The number of unbranched alkanes of at least 4 members (excludes halogenated alkanes) is 1. The Morgan fingerprint density at radius 3 is 2.56 bits per heavy atom. The van der Waals surface area contributed by atoms with Crippen LogP contribution in [0.2, 0.25) is 0 Å². The highest BCUT2D eigenvalue weighted by Crippen LogP contribution is 2.70. The van der Waals surface area contributed by atoms with Crippen molar-refractivity contribution in [2.45, 2.75) is 82.7 Å². The van der Waals surface area contributed by atoms with Crippen LogP contribution in [-0.4, -0.2) is 88.8 Å². The number of aliphatic hydroxyl groups excluding tert-OH is 1. The summed E-state index contributed by atoms with van der Waals surface area (Å²) < 4.78 is 32.0. The summed E-state index contributed by atoms with van der Waals surface area (Å²) in [7, 11) is 0. The van der Waals surface area contributed by atoms with Gasteiger partial charge in [0.1, 0.15) is 18.2 Å². The molecule has 0 amide bonds. The molecule has 4 aliphatic carbocycles. The fourth-order valence-electron chi connectivity index (χ4n) is 8.17. The number of Topliss-reactive ketones (excluding diaryl/α,β-unsaturated/α-hetero) is 1. The lowest BCUT2D eigenvalue weighted by molar-refractivity contribution is -0.757. The number of hydrogen-bond donors (Lipinski definition) is 3. The number of carbonyl (C=O) groups is 4. The predicted molar refractivity (Wildman–Crippen MR) is 151 cm³/mol. The summed E-state index contributed by atoms with van der Waals surface area (Å²) >= 11 is 0. The SMILES string of the molecule is C[C@@H]1C[C@H]2[C@@H]3CC=C4CC(=O)C=C[C@]4(C)[C@@]3(F)[C@@H](O)C[C@]2(C)[C@@]1(O)C(=O)COC(=O)OCC(N)C(=O)OCCCCO[N+](=O)[O-]. The maximum atomic E-state index is 17.3. The van der Waals surface area contributed by atoms with Crippen LogP contribution in [0.5, 0.6) is 0 Å². The molecule has 0 heterocycles. The summed E-state index contributed by atoms with van der Waals surface area (Å²) in [5, 5.41) is 32.5. The standard InChI is InChI=1S/C30H41FN2O12/c1-17-12-21-20-7-6-18-13-19(34)8-9-27(18,2)29(20,31)23(35)14-28(21,3)30(17,39)24(36)16-44-26(38)43-15-22(32)25(37)42-10-4-5-11-45-33(40)41/h6,8-9,17,20-23,35,39H,4-5,7,10-16,32H2,1-3H3/t17-,20+,21+,22?,23+,27+,28+,29+,30+/m1/s1. The molecule has 4 aliphatic rings. The molecule has 9 atom stereocenters. The Balaban J connectivity index is 1.34. The first kappa shape index (κ1) is 34.4. The minimum Gasteiger partial charge on any atom is -0.464 e. The third kappa shape index (κ3) is 5.85. The highest BCUT2D eigenvalue weighted by Gasteiger charge is 2.75. The van der Waals surface area contributed by atoms with Crippen LogP contribution in [0, 0.1) is 38.7 Å². The Labute approximate surface area is 259 Å². The molecule has 14 nitrogen and oxygen atoms in total. The van der Waals surface area contributed by atoms with Crippen LogP contribution in [0.3, 0.4) is 0 Å². The number of nitrogens with zero attached hydrogens (tertiary/aromatic N) is 1. The summed E-state index contributed by atoms with van der Waals surface area (Å²) in [4.78, 5) is 64.0. The third-order valence-corrected chi connectivity index (χ3v) is 10.6. The van der Waals surface area contributed by atoms with Crippen LogP contribution in [-0.2, 0) is 33.4 Å². The summed E-state index contributed by atoms with van der Waals surface area (Å²) in [6, 6.07) is -1.37. The number of nitrogens with two attached hydrogens (primary N) is 1. The van der Waals surface area contributed by atoms with Crippen molar-refractivity contribution in [2.24, 2.45) is 34.3 Å². The molecule has 0 aliphatic heterocycles. The van der Waals surface area contributed by atoms with Crippen molar-refractivity contribution < 1.29 is 57.9 Å². The average molecular weight is 641 g/mol. The van der Waals surface area contributed by atoms with Crippen molar-refractivity contribution in [3.63, 3.8) is 0 Å². The maximum Gasteiger partial charge on any atom is 0.508 e. The number of allylic oxidation sites excluding steroid dienone is 4. The Morgan fingerprint density at radius 2 is 1.87 bits per heavy atom. The number of aliphatic hydroxyl groups is 2. The van der Waals surface area contributed by atoms with E-state index in [1.165, 1.54) is 12.2 Å². The van der Waals surface area contributed by atoms with Gasteiger partial charge in [0.15, 0.2) is 18.1 Å². The Kier molecular flexibility index (Phi) is 9.76. The number of halogens is 1. The molecule has 0 spiro atoms. The first-order valence-electron chi connectivity index (χ1n) is 15.1. The molecule has 0 bridgehead atoms. The molecule has 45 heavy (non-hydrogen) atoms. The van der Waals surface area contributed by atoms with E-state index < -0.39 is 88.2 Å². The highest BCUT2D eigenvalue weighted by atomic mass is 19.1. The van der Waals surface area contributed by atoms with Gasteiger partial charge in [-0.15, -0.1) is 10.1 Å². The molecule has 250 valence electrons. The lowest BCUT2D eigenvalue weighted by Gasteiger charge is -2.62. The van der Waals surface area contributed by atoms with Crippen molar-refractivity contribution in [1.82, 2.24) is 0 Å². The van der Waals surface area contributed by atoms with E-state index in [1.54, 1.807) is 20.8 Å². The van der Waals surface area contributed by atoms with Crippen molar-refractivity contribution in [1.29, 1.82) is 0 Å². The predicted octanol–water partition coefficient (Wildman–Crippen LogP) is 1.92. The zero-order valence-electron chi connectivity index (χ0n) is 25.6. The van der Waals surface area contributed by atoms with Gasteiger partial charge in [-0.25, -0.2) is 9.18 Å².